The number of furan rings is 1. The molecule has 0 fully saturated rings. The molecule has 1 rings (SSSR count). The SMILES string of the molecule is CN(C)/C=C(/c1ccco1)N(C)C. The zero-order valence-electron chi connectivity index (χ0n) is 8.61. The Bertz CT molecular complexity index is 273. The average Bonchev–Trinajstić information content (AvgIpc) is 2.50. The standard InChI is InChI=1S/C10H16N2O/c1-11(2)8-9(12(3)4)10-6-5-7-13-10/h5-8H,1-4H3/b9-8-. The van der Waals surface area contributed by atoms with Crippen molar-refractivity contribution in [3.8, 4) is 0 Å². The van der Waals surface area contributed by atoms with Crippen LogP contribution in [0, 0.1) is 0 Å². The van der Waals surface area contributed by atoms with Gasteiger partial charge in [-0.2, -0.15) is 0 Å². The van der Waals surface area contributed by atoms with Gasteiger partial charge in [-0.1, -0.05) is 0 Å². The summed E-state index contributed by atoms with van der Waals surface area (Å²) in [7, 11) is 7.98. The van der Waals surface area contributed by atoms with Crippen molar-refractivity contribution in [3.63, 3.8) is 0 Å². The van der Waals surface area contributed by atoms with E-state index in [1.807, 2.05) is 56.3 Å². The van der Waals surface area contributed by atoms with Gasteiger partial charge >= 0.3 is 0 Å². The first kappa shape index (κ1) is 9.71. The average molecular weight is 180 g/mol. The molecule has 1 aromatic rings. The Labute approximate surface area is 79.2 Å². The third-order valence-electron chi connectivity index (χ3n) is 1.64. The van der Waals surface area contributed by atoms with Crippen LogP contribution in [0.15, 0.2) is 29.0 Å². The Hall–Kier alpha value is -1.38. The van der Waals surface area contributed by atoms with E-state index in [4.69, 9.17) is 4.42 Å². The molecule has 3 heteroatoms. The summed E-state index contributed by atoms with van der Waals surface area (Å²) in [5, 5.41) is 0. The Morgan fingerprint density at radius 1 is 1.31 bits per heavy atom. The molecule has 0 radical (unpaired) electrons. The number of rotatable bonds is 3. The fraction of sp³-hybridized carbons (Fsp3) is 0.400. The van der Waals surface area contributed by atoms with Gasteiger partial charge in [-0.25, -0.2) is 0 Å². The van der Waals surface area contributed by atoms with E-state index in [1.165, 1.54) is 0 Å². The minimum atomic E-state index is 0.888. The highest BCUT2D eigenvalue weighted by Gasteiger charge is 2.06. The van der Waals surface area contributed by atoms with Crippen LogP contribution in [0.5, 0.6) is 0 Å². The normalized spacial score (nSPS) is 11.5. The first-order valence-corrected chi connectivity index (χ1v) is 4.20. The van der Waals surface area contributed by atoms with Crippen LogP contribution in [-0.4, -0.2) is 38.0 Å². The highest BCUT2D eigenvalue weighted by atomic mass is 16.3. The Balaban J connectivity index is 2.94. The number of nitrogens with zero attached hydrogens (tertiary/aromatic N) is 2. The van der Waals surface area contributed by atoms with Gasteiger partial charge in [0.2, 0.25) is 0 Å². The van der Waals surface area contributed by atoms with Crippen molar-refractivity contribution in [2.75, 3.05) is 28.2 Å². The minimum absolute atomic E-state index is 0.888. The summed E-state index contributed by atoms with van der Waals surface area (Å²) in [6, 6.07) is 3.84. The molecule has 0 aliphatic rings. The summed E-state index contributed by atoms with van der Waals surface area (Å²) < 4.78 is 5.32. The van der Waals surface area contributed by atoms with Crippen molar-refractivity contribution in [1.29, 1.82) is 0 Å². The van der Waals surface area contributed by atoms with E-state index in [1.54, 1.807) is 6.26 Å². The van der Waals surface area contributed by atoms with Crippen LogP contribution in [0.4, 0.5) is 0 Å². The predicted molar refractivity (Wildman–Crippen MR) is 54.1 cm³/mol. The van der Waals surface area contributed by atoms with Gasteiger partial charge in [-0.3, -0.25) is 0 Å². The summed E-state index contributed by atoms with van der Waals surface area (Å²) in [6.07, 6.45) is 3.71. The number of hydrogen-bond donors (Lipinski definition) is 0. The number of hydrogen-bond acceptors (Lipinski definition) is 3. The minimum Gasteiger partial charge on any atom is -0.463 e. The lowest BCUT2D eigenvalue weighted by Gasteiger charge is -2.17. The zero-order valence-corrected chi connectivity index (χ0v) is 8.61. The second-order valence-corrected chi connectivity index (χ2v) is 3.35. The van der Waals surface area contributed by atoms with Crippen LogP contribution in [0.25, 0.3) is 5.70 Å². The first-order valence-electron chi connectivity index (χ1n) is 4.20. The molecule has 0 amide bonds. The summed E-state index contributed by atoms with van der Waals surface area (Å²) in [4.78, 5) is 4.02. The van der Waals surface area contributed by atoms with E-state index in [9.17, 15) is 0 Å². The second-order valence-electron chi connectivity index (χ2n) is 3.35. The highest BCUT2D eigenvalue weighted by molar-refractivity contribution is 5.58. The fourth-order valence-electron chi connectivity index (χ4n) is 1.07. The quantitative estimate of drug-likeness (QED) is 0.706. The summed E-state index contributed by atoms with van der Waals surface area (Å²) in [6.45, 7) is 0. The van der Waals surface area contributed by atoms with E-state index in [2.05, 4.69) is 0 Å². The van der Waals surface area contributed by atoms with Gasteiger partial charge < -0.3 is 14.2 Å². The van der Waals surface area contributed by atoms with Gasteiger partial charge in [0.15, 0.2) is 5.76 Å². The van der Waals surface area contributed by atoms with E-state index >= 15 is 0 Å². The van der Waals surface area contributed by atoms with Gasteiger partial charge in [0, 0.05) is 34.4 Å². The van der Waals surface area contributed by atoms with Crippen LogP contribution >= 0.6 is 0 Å². The zero-order chi connectivity index (χ0) is 9.84. The summed E-state index contributed by atoms with van der Waals surface area (Å²) in [5.41, 5.74) is 1.06. The first-order chi connectivity index (χ1) is 6.11. The third kappa shape index (κ3) is 2.54. The molecular weight excluding hydrogens is 164 g/mol. The van der Waals surface area contributed by atoms with Crippen LogP contribution in [0.2, 0.25) is 0 Å². The second kappa shape index (κ2) is 4.03. The van der Waals surface area contributed by atoms with E-state index < -0.39 is 0 Å². The molecular formula is C10H16N2O. The molecule has 0 aromatic carbocycles. The maximum Gasteiger partial charge on any atom is 0.151 e. The monoisotopic (exact) mass is 180 g/mol. The molecule has 1 aromatic heterocycles. The molecule has 0 aliphatic carbocycles. The topological polar surface area (TPSA) is 19.6 Å². The lowest BCUT2D eigenvalue weighted by molar-refractivity contribution is 0.489. The molecule has 0 saturated carbocycles. The lowest BCUT2D eigenvalue weighted by Crippen LogP contribution is -2.13. The lowest BCUT2D eigenvalue weighted by atomic mass is 10.3. The van der Waals surface area contributed by atoms with Crippen LogP contribution in [-0.2, 0) is 0 Å². The Morgan fingerprint density at radius 2 is 2.00 bits per heavy atom. The molecule has 3 nitrogen and oxygen atoms in total. The van der Waals surface area contributed by atoms with E-state index in [-0.39, 0.29) is 0 Å². The molecule has 0 atom stereocenters. The third-order valence-corrected chi connectivity index (χ3v) is 1.64. The summed E-state index contributed by atoms with van der Waals surface area (Å²) in [5.74, 6) is 0.888. The predicted octanol–water partition coefficient (Wildman–Crippen LogP) is 1.70. The maximum atomic E-state index is 5.32. The molecule has 0 N–H and O–H groups in total. The molecule has 0 unspecified atom stereocenters. The van der Waals surface area contributed by atoms with Gasteiger partial charge in [0.1, 0.15) is 0 Å². The van der Waals surface area contributed by atoms with Crippen molar-refractivity contribution in [3.05, 3.63) is 30.4 Å². The fourth-order valence-corrected chi connectivity index (χ4v) is 1.07. The van der Waals surface area contributed by atoms with Crippen LogP contribution in [0.3, 0.4) is 0 Å². The van der Waals surface area contributed by atoms with E-state index in [0.29, 0.717) is 0 Å². The Kier molecular flexibility index (Phi) is 3.01. The van der Waals surface area contributed by atoms with Crippen molar-refractivity contribution < 1.29 is 4.42 Å². The van der Waals surface area contributed by atoms with Crippen LogP contribution in [0.1, 0.15) is 5.76 Å². The van der Waals surface area contributed by atoms with Crippen molar-refractivity contribution >= 4 is 5.70 Å². The van der Waals surface area contributed by atoms with Gasteiger partial charge in [0.05, 0.1) is 12.0 Å². The largest absolute Gasteiger partial charge is 0.463 e. The van der Waals surface area contributed by atoms with Crippen molar-refractivity contribution in [2.45, 2.75) is 0 Å². The molecule has 0 bridgehead atoms. The van der Waals surface area contributed by atoms with Crippen molar-refractivity contribution in [2.24, 2.45) is 0 Å². The molecule has 0 saturated heterocycles. The van der Waals surface area contributed by atoms with Gasteiger partial charge in [0.25, 0.3) is 0 Å². The molecule has 72 valence electrons. The molecule has 0 spiro atoms. The van der Waals surface area contributed by atoms with Gasteiger partial charge in [-0.05, 0) is 12.1 Å². The summed E-state index contributed by atoms with van der Waals surface area (Å²) >= 11 is 0. The molecule has 13 heavy (non-hydrogen) atoms. The van der Waals surface area contributed by atoms with Crippen molar-refractivity contribution in [1.82, 2.24) is 9.80 Å². The molecule has 1 heterocycles. The maximum absolute atomic E-state index is 5.32. The molecule has 0 aliphatic heterocycles. The Morgan fingerprint density at radius 3 is 2.38 bits per heavy atom. The van der Waals surface area contributed by atoms with E-state index in [0.717, 1.165) is 11.5 Å². The smallest absolute Gasteiger partial charge is 0.151 e. The van der Waals surface area contributed by atoms with Crippen LogP contribution < -0.4 is 0 Å². The van der Waals surface area contributed by atoms with Gasteiger partial charge in [-0.15, -0.1) is 0 Å². The highest BCUT2D eigenvalue weighted by Crippen LogP contribution is 2.16.